The predicted molar refractivity (Wildman–Crippen MR) is 60.1 cm³/mol. The minimum absolute atomic E-state index is 0.00812. The number of piperazine rings is 1. The van der Waals surface area contributed by atoms with Gasteiger partial charge in [-0.15, -0.1) is 0 Å². The molecule has 6 nitrogen and oxygen atoms in total. The molecule has 1 rings (SSSR count). The van der Waals surface area contributed by atoms with Crippen molar-refractivity contribution in [3.63, 3.8) is 0 Å². The average molecular weight is 304 g/mol. The quantitative estimate of drug-likeness (QED) is 0.772. The van der Waals surface area contributed by atoms with Crippen molar-refractivity contribution in [1.82, 2.24) is 9.21 Å². The Hall–Kier alpha value is -0.870. The summed E-state index contributed by atoms with van der Waals surface area (Å²) < 4.78 is 60.9. The lowest BCUT2D eigenvalue weighted by atomic mass is 10.3. The molecule has 0 aromatic carbocycles. The van der Waals surface area contributed by atoms with Crippen molar-refractivity contribution in [2.75, 3.05) is 38.5 Å². The number of aliphatic carboxylic acids is 1. The molecule has 0 unspecified atom stereocenters. The van der Waals surface area contributed by atoms with Gasteiger partial charge in [-0.3, -0.25) is 9.69 Å². The van der Waals surface area contributed by atoms with Gasteiger partial charge in [0.2, 0.25) is 10.0 Å². The molecule has 1 N–H and O–H groups in total. The number of hydrogen-bond donors (Lipinski definition) is 1. The Balaban J connectivity index is 2.47. The van der Waals surface area contributed by atoms with Gasteiger partial charge in [0.1, 0.15) is 0 Å². The lowest BCUT2D eigenvalue weighted by Crippen LogP contribution is -2.51. The van der Waals surface area contributed by atoms with Gasteiger partial charge in [-0.1, -0.05) is 0 Å². The van der Waals surface area contributed by atoms with E-state index in [9.17, 15) is 26.4 Å². The minimum Gasteiger partial charge on any atom is -0.481 e. The summed E-state index contributed by atoms with van der Waals surface area (Å²) in [6.07, 6.45) is -4.81. The van der Waals surface area contributed by atoms with Crippen LogP contribution in [0.2, 0.25) is 0 Å². The Labute approximate surface area is 108 Å². The molecule has 0 bridgehead atoms. The smallest absolute Gasteiger partial charge is 0.401 e. The number of nitrogens with zero attached hydrogens (tertiary/aromatic N) is 2. The highest BCUT2D eigenvalue weighted by Gasteiger charge is 2.34. The number of halogens is 3. The molecule has 0 radical (unpaired) electrons. The Kier molecular flexibility index (Phi) is 5.16. The number of rotatable bonds is 5. The first-order valence-electron chi connectivity index (χ1n) is 5.59. The number of sulfonamides is 1. The first-order valence-corrected chi connectivity index (χ1v) is 7.20. The van der Waals surface area contributed by atoms with Crippen molar-refractivity contribution >= 4 is 16.0 Å². The second-order valence-electron chi connectivity index (χ2n) is 4.25. The number of carbonyl (C=O) groups is 1. The van der Waals surface area contributed by atoms with E-state index in [4.69, 9.17) is 5.11 Å². The van der Waals surface area contributed by atoms with Crippen LogP contribution in [0.1, 0.15) is 6.42 Å². The molecule has 0 aromatic rings. The van der Waals surface area contributed by atoms with Crippen molar-refractivity contribution in [3.05, 3.63) is 0 Å². The van der Waals surface area contributed by atoms with Gasteiger partial charge in [0, 0.05) is 26.2 Å². The highest BCUT2D eigenvalue weighted by atomic mass is 32.2. The Bertz CT molecular complexity index is 416. The molecule has 0 atom stereocenters. The van der Waals surface area contributed by atoms with Crippen molar-refractivity contribution < 1.29 is 31.5 Å². The van der Waals surface area contributed by atoms with Crippen LogP contribution in [0.15, 0.2) is 0 Å². The summed E-state index contributed by atoms with van der Waals surface area (Å²) in [6, 6.07) is 0. The average Bonchev–Trinajstić information content (AvgIpc) is 2.25. The maximum absolute atomic E-state index is 12.1. The molecule has 1 saturated heterocycles. The van der Waals surface area contributed by atoms with Gasteiger partial charge in [0.25, 0.3) is 0 Å². The van der Waals surface area contributed by atoms with E-state index in [0.717, 1.165) is 9.21 Å². The first kappa shape index (κ1) is 16.2. The predicted octanol–water partition coefficient (Wildman–Crippen LogP) is -0.0292. The van der Waals surface area contributed by atoms with E-state index in [0.29, 0.717) is 0 Å². The van der Waals surface area contributed by atoms with Gasteiger partial charge < -0.3 is 5.11 Å². The highest BCUT2D eigenvalue weighted by Crippen LogP contribution is 2.18. The molecule has 1 heterocycles. The molecule has 1 aliphatic rings. The molecule has 19 heavy (non-hydrogen) atoms. The minimum atomic E-state index is -4.30. The molecule has 1 fully saturated rings. The van der Waals surface area contributed by atoms with E-state index in [1.165, 1.54) is 0 Å². The SMILES string of the molecule is O=C(O)CCS(=O)(=O)N1CCN(CC(F)(F)F)CC1. The van der Waals surface area contributed by atoms with Gasteiger partial charge >= 0.3 is 12.1 Å². The maximum atomic E-state index is 12.1. The highest BCUT2D eigenvalue weighted by molar-refractivity contribution is 7.89. The lowest BCUT2D eigenvalue weighted by Gasteiger charge is -2.34. The van der Waals surface area contributed by atoms with Crippen LogP contribution in [0.3, 0.4) is 0 Å². The van der Waals surface area contributed by atoms with Gasteiger partial charge in [0.05, 0.1) is 18.7 Å². The Morgan fingerprint density at radius 1 is 1.16 bits per heavy atom. The van der Waals surface area contributed by atoms with E-state index in [1.54, 1.807) is 0 Å². The van der Waals surface area contributed by atoms with Gasteiger partial charge in [-0.05, 0) is 0 Å². The van der Waals surface area contributed by atoms with Crippen molar-refractivity contribution in [2.24, 2.45) is 0 Å². The summed E-state index contributed by atoms with van der Waals surface area (Å²) in [5, 5.41) is 8.43. The Morgan fingerprint density at radius 3 is 2.11 bits per heavy atom. The summed E-state index contributed by atoms with van der Waals surface area (Å²) in [5.41, 5.74) is 0. The zero-order valence-electron chi connectivity index (χ0n) is 10.1. The number of hydrogen-bond acceptors (Lipinski definition) is 4. The number of carboxylic acids is 1. The second-order valence-corrected chi connectivity index (χ2v) is 6.34. The van der Waals surface area contributed by atoms with E-state index < -0.39 is 40.9 Å². The third kappa shape index (κ3) is 5.74. The lowest BCUT2D eigenvalue weighted by molar-refractivity contribution is -0.148. The van der Waals surface area contributed by atoms with Crippen LogP contribution in [-0.4, -0.2) is 73.4 Å². The molecule has 0 saturated carbocycles. The third-order valence-corrected chi connectivity index (χ3v) is 4.57. The third-order valence-electron chi connectivity index (χ3n) is 2.70. The standard InChI is InChI=1S/C9H15F3N2O4S/c10-9(11,12)7-13-2-4-14(5-3-13)19(17,18)6-1-8(15)16/h1-7H2,(H,15,16). The maximum Gasteiger partial charge on any atom is 0.401 e. The summed E-state index contributed by atoms with van der Waals surface area (Å²) in [7, 11) is -3.70. The van der Waals surface area contributed by atoms with Crippen LogP contribution in [0.4, 0.5) is 13.2 Å². The monoisotopic (exact) mass is 304 g/mol. The van der Waals surface area contributed by atoms with E-state index in [-0.39, 0.29) is 26.2 Å². The van der Waals surface area contributed by atoms with Gasteiger partial charge in [-0.2, -0.15) is 17.5 Å². The van der Waals surface area contributed by atoms with E-state index >= 15 is 0 Å². The fraction of sp³-hybridized carbons (Fsp3) is 0.889. The summed E-state index contributed by atoms with van der Waals surface area (Å²) >= 11 is 0. The van der Waals surface area contributed by atoms with Gasteiger partial charge in [0.15, 0.2) is 0 Å². The topological polar surface area (TPSA) is 77.9 Å². The second kappa shape index (κ2) is 6.06. The van der Waals surface area contributed by atoms with Crippen LogP contribution < -0.4 is 0 Å². The number of carboxylic acid groups (broad SMARTS) is 1. The fourth-order valence-corrected chi connectivity index (χ4v) is 3.18. The van der Waals surface area contributed by atoms with E-state index in [2.05, 4.69) is 0 Å². The van der Waals surface area contributed by atoms with Crippen LogP contribution in [0.25, 0.3) is 0 Å². The normalized spacial score (nSPS) is 19.5. The van der Waals surface area contributed by atoms with Crippen molar-refractivity contribution in [2.45, 2.75) is 12.6 Å². The van der Waals surface area contributed by atoms with Gasteiger partial charge in [-0.25, -0.2) is 8.42 Å². The molecule has 0 spiro atoms. The first-order chi connectivity index (χ1) is 8.60. The summed E-state index contributed by atoms with van der Waals surface area (Å²) in [5.74, 6) is -1.75. The summed E-state index contributed by atoms with van der Waals surface area (Å²) in [6.45, 7) is -1.16. The van der Waals surface area contributed by atoms with Crippen LogP contribution in [0, 0.1) is 0 Å². The molecule has 0 aromatic heterocycles. The van der Waals surface area contributed by atoms with Crippen molar-refractivity contribution in [1.29, 1.82) is 0 Å². The molecule has 0 amide bonds. The number of alkyl halides is 3. The molecule has 10 heteroatoms. The zero-order valence-corrected chi connectivity index (χ0v) is 10.9. The van der Waals surface area contributed by atoms with Crippen LogP contribution in [-0.2, 0) is 14.8 Å². The largest absolute Gasteiger partial charge is 0.481 e. The molecule has 1 aliphatic heterocycles. The molecular formula is C9H15F3N2O4S. The molecule has 112 valence electrons. The summed E-state index contributed by atoms with van der Waals surface area (Å²) in [4.78, 5) is 11.4. The molecular weight excluding hydrogens is 289 g/mol. The Morgan fingerprint density at radius 2 is 1.68 bits per heavy atom. The molecule has 0 aliphatic carbocycles. The zero-order chi connectivity index (χ0) is 14.7. The van der Waals surface area contributed by atoms with Crippen LogP contribution >= 0.6 is 0 Å². The fourth-order valence-electron chi connectivity index (χ4n) is 1.76. The van der Waals surface area contributed by atoms with Crippen LogP contribution in [0.5, 0.6) is 0 Å². The van der Waals surface area contributed by atoms with Crippen molar-refractivity contribution in [3.8, 4) is 0 Å². The van der Waals surface area contributed by atoms with E-state index in [1.807, 2.05) is 0 Å².